The molecule has 0 atom stereocenters. The molecule has 2 rings (SSSR count). The Morgan fingerprint density at radius 3 is 2.00 bits per heavy atom. The molecule has 1 aromatic carbocycles. The van der Waals surface area contributed by atoms with Crippen molar-refractivity contribution in [1.29, 1.82) is 0 Å². The molecule has 0 radical (unpaired) electrons. The Balaban J connectivity index is 2.71. The SMILES string of the molecule is CNc1nc(C)c(C)nc1-c1cc(C)c(C)cc1C. The largest absolute Gasteiger partial charge is 0.371 e. The van der Waals surface area contributed by atoms with Gasteiger partial charge in [-0.25, -0.2) is 9.97 Å². The molecule has 1 N–H and O–H groups in total. The lowest BCUT2D eigenvalue weighted by atomic mass is 9.98. The highest BCUT2D eigenvalue weighted by atomic mass is 15.0. The Kier molecular flexibility index (Phi) is 3.56. The van der Waals surface area contributed by atoms with Crippen molar-refractivity contribution in [3.8, 4) is 11.3 Å². The summed E-state index contributed by atoms with van der Waals surface area (Å²) in [5.74, 6) is 0.842. The summed E-state index contributed by atoms with van der Waals surface area (Å²) in [5.41, 5.74) is 7.86. The van der Waals surface area contributed by atoms with Gasteiger partial charge in [-0.15, -0.1) is 0 Å². The highest BCUT2D eigenvalue weighted by molar-refractivity contribution is 5.75. The Bertz CT molecular complexity index is 630. The molecule has 100 valence electrons. The van der Waals surface area contributed by atoms with E-state index < -0.39 is 0 Å². The second-order valence-electron chi connectivity index (χ2n) is 5.09. The van der Waals surface area contributed by atoms with Gasteiger partial charge in [0.25, 0.3) is 0 Å². The molecule has 2 aromatic rings. The quantitative estimate of drug-likeness (QED) is 0.888. The number of benzene rings is 1. The van der Waals surface area contributed by atoms with Crippen LogP contribution < -0.4 is 5.32 Å². The van der Waals surface area contributed by atoms with Crippen LogP contribution in [-0.4, -0.2) is 17.0 Å². The normalized spacial score (nSPS) is 10.6. The smallest absolute Gasteiger partial charge is 0.152 e. The van der Waals surface area contributed by atoms with Crippen LogP contribution in [0.25, 0.3) is 11.3 Å². The van der Waals surface area contributed by atoms with Gasteiger partial charge in [0.1, 0.15) is 5.69 Å². The van der Waals surface area contributed by atoms with Crippen LogP contribution >= 0.6 is 0 Å². The second kappa shape index (κ2) is 5.00. The van der Waals surface area contributed by atoms with Crippen molar-refractivity contribution in [2.24, 2.45) is 0 Å². The number of hydrogen-bond donors (Lipinski definition) is 1. The first-order chi connectivity index (χ1) is 8.93. The van der Waals surface area contributed by atoms with E-state index in [4.69, 9.17) is 4.98 Å². The van der Waals surface area contributed by atoms with Crippen LogP contribution in [0.2, 0.25) is 0 Å². The lowest BCUT2D eigenvalue weighted by Crippen LogP contribution is -2.04. The fourth-order valence-electron chi connectivity index (χ4n) is 2.18. The van der Waals surface area contributed by atoms with E-state index in [2.05, 4.69) is 43.2 Å². The van der Waals surface area contributed by atoms with Gasteiger partial charge in [0.2, 0.25) is 0 Å². The minimum atomic E-state index is 0.842. The van der Waals surface area contributed by atoms with Crippen LogP contribution in [0.5, 0.6) is 0 Å². The average Bonchev–Trinajstić information content (AvgIpc) is 2.36. The summed E-state index contributed by atoms with van der Waals surface area (Å²) in [6.07, 6.45) is 0. The molecular weight excluding hydrogens is 234 g/mol. The van der Waals surface area contributed by atoms with Crippen LogP contribution in [0.3, 0.4) is 0 Å². The van der Waals surface area contributed by atoms with Crippen molar-refractivity contribution in [1.82, 2.24) is 9.97 Å². The molecule has 0 aliphatic rings. The minimum Gasteiger partial charge on any atom is -0.371 e. The molecular formula is C16H21N3. The van der Waals surface area contributed by atoms with Gasteiger partial charge < -0.3 is 5.32 Å². The maximum absolute atomic E-state index is 4.72. The molecule has 0 aliphatic carbocycles. The van der Waals surface area contributed by atoms with Gasteiger partial charge >= 0.3 is 0 Å². The van der Waals surface area contributed by atoms with Crippen molar-refractivity contribution < 1.29 is 0 Å². The third-order valence-corrected chi connectivity index (χ3v) is 3.64. The maximum Gasteiger partial charge on any atom is 0.152 e. The molecule has 0 saturated heterocycles. The van der Waals surface area contributed by atoms with Crippen molar-refractivity contribution in [2.75, 3.05) is 12.4 Å². The fraction of sp³-hybridized carbons (Fsp3) is 0.375. The Labute approximate surface area is 115 Å². The lowest BCUT2D eigenvalue weighted by molar-refractivity contribution is 1.05. The molecule has 0 spiro atoms. The monoisotopic (exact) mass is 255 g/mol. The highest BCUT2D eigenvalue weighted by Gasteiger charge is 2.13. The van der Waals surface area contributed by atoms with Crippen LogP contribution in [0.4, 0.5) is 5.82 Å². The third-order valence-electron chi connectivity index (χ3n) is 3.64. The Morgan fingerprint density at radius 2 is 1.37 bits per heavy atom. The second-order valence-corrected chi connectivity index (χ2v) is 5.09. The number of rotatable bonds is 2. The predicted molar refractivity (Wildman–Crippen MR) is 80.7 cm³/mol. The van der Waals surface area contributed by atoms with E-state index in [-0.39, 0.29) is 0 Å². The van der Waals surface area contributed by atoms with E-state index in [1.165, 1.54) is 16.7 Å². The molecule has 0 fully saturated rings. The van der Waals surface area contributed by atoms with Gasteiger partial charge in [-0.2, -0.15) is 0 Å². The predicted octanol–water partition coefficient (Wildman–Crippen LogP) is 3.73. The van der Waals surface area contributed by atoms with Crippen LogP contribution in [0.15, 0.2) is 12.1 Å². The van der Waals surface area contributed by atoms with Crippen LogP contribution in [-0.2, 0) is 0 Å². The summed E-state index contributed by atoms with van der Waals surface area (Å²) in [5, 5.41) is 3.15. The molecule has 0 saturated carbocycles. The molecule has 19 heavy (non-hydrogen) atoms. The third kappa shape index (κ3) is 2.46. The van der Waals surface area contributed by atoms with E-state index >= 15 is 0 Å². The van der Waals surface area contributed by atoms with E-state index in [0.717, 1.165) is 28.5 Å². The average molecular weight is 255 g/mol. The first-order valence-corrected chi connectivity index (χ1v) is 6.55. The topological polar surface area (TPSA) is 37.8 Å². The zero-order valence-corrected chi connectivity index (χ0v) is 12.5. The molecule has 1 aromatic heterocycles. The maximum atomic E-state index is 4.72. The van der Waals surface area contributed by atoms with Crippen LogP contribution in [0, 0.1) is 34.6 Å². The van der Waals surface area contributed by atoms with E-state index in [1.54, 1.807) is 0 Å². The number of anilines is 1. The summed E-state index contributed by atoms with van der Waals surface area (Å²) in [4.78, 5) is 9.31. The number of nitrogens with zero attached hydrogens (tertiary/aromatic N) is 2. The molecule has 3 nitrogen and oxygen atoms in total. The molecule has 0 bridgehead atoms. The van der Waals surface area contributed by atoms with Gasteiger partial charge in [-0.3, -0.25) is 0 Å². The van der Waals surface area contributed by atoms with Gasteiger partial charge in [-0.05, 0) is 57.4 Å². The summed E-state index contributed by atoms with van der Waals surface area (Å²) in [6, 6.07) is 4.41. The number of hydrogen-bond acceptors (Lipinski definition) is 3. The van der Waals surface area contributed by atoms with E-state index in [9.17, 15) is 0 Å². The van der Waals surface area contributed by atoms with Gasteiger partial charge in [0, 0.05) is 12.6 Å². The molecule has 0 aliphatic heterocycles. The molecule has 3 heteroatoms. The molecule has 0 amide bonds. The van der Waals surface area contributed by atoms with Crippen molar-refractivity contribution in [2.45, 2.75) is 34.6 Å². The van der Waals surface area contributed by atoms with E-state index in [1.807, 2.05) is 20.9 Å². The summed E-state index contributed by atoms with van der Waals surface area (Å²) in [6.45, 7) is 10.4. The van der Waals surface area contributed by atoms with E-state index in [0.29, 0.717) is 0 Å². The van der Waals surface area contributed by atoms with Gasteiger partial charge in [0.15, 0.2) is 5.82 Å². The van der Waals surface area contributed by atoms with Gasteiger partial charge in [0.05, 0.1) is 11.4 Å². The minimum absolute atomic E-state index is 0.842. The number of nitrogens with one attached hydrogen (secondary N) is 1. The van der Waals surface area contributed by atoms with Crippen LogP contribution in [0.1, 0.15) is 28.1 Å². The van der Waals surface area contributed by atoms with Crippen molar-refractivity contribution in [3.63, 3.8) is 0 Å². The van der Waals surface area contributed by atoms with Gasteiger partial charge in [-0.1, -0.05) is 6.07 Å². The summed E-state index contributed by atoms with van der Waals surface area (Å²) < 4.78 is 0. The first-order valence-electron chi connectivity index (χ1n) is 6.55. The fourth-order valence-corrected chi connectivity index (χ4v) is 2.18. The van der Waals surface area contributed by atoms with Crippen molar-refractivity contribution in [3.05, 3.63) is 40.2 Å². The standard InChI is InChI=1S/C16H21N3/c1-9-7-11(3)14(8-10(9)2)15-16(17-6)19-13(5)12(4)18-15/h7-8H,1-6H3,(H,17,19). The first kappa shape index (κ1) is 13.5. The molecule has 0 unspecified atom stereocenters. The Hall–Kier alpha value is -1.90. The summed E-state index contributed by atoms with van der Waals surface area (Å²) >= 11 is 0. The zero-order valence-electron chi connectivity index (χ0n) is 12.5. The Morgan fingerprint density at radius 1 is 0.789 bits per heavy atom. The lowest BCUT2D eigenvalue weighted by Gasteiger charge is -2.14. The number of aromatic nitrogens is 2. The number of aryl methyl sites for hydroxylation is 5. The highest BCUT2D eigenvalue weighted by Crippen LogP contribution is 2.30. The summed E-state index contributed by atoms with van der Waals surface area (Å²) in [7, 11) is 1.89. The molecule has 1 heterocycles. The van der Waals surface area contributed by atoms with Crippen molar-refractivity contribution >= 4 is 5.82 Å². The zero-order chi connectivity index (χ0) is 14.2.